The number of aryl methyl sites for hydroxylation is 1. The van der Waals surface area contributed by atoms with Crippen molar-refractivity contribution in [3.63, 3.8) is 0 Å². The minimum absolute atomic E-state index is 0.00384. The molecule has 6 heteroatoms. The van der Waals surface area contributed by atoms with E-state index in [1.165, 1.54) is 16.2 Å². The van der Waals surface area contributed by atoms with Crippen LogP contribution in [-0.2, 0) is 16.0 Å². The predicted octanol–water partition coefficient (Wildman–Crippen LogP) is 1.19. The molecule has 0 aliphatic carbocycles. The molecule has 1 aliphatic rings. The Balaban J connectivity index is 2.07. The van der Waals surface area contributed by atoms with Crippen LogP contribution in [-0.4, -0.2) is 28.4 Å². The summed E-state index contributed by atoms with van der Waals surface area (Å²) in [5.74, 6) is -0.210. The van der Waals surface area contributed by atoms with Gasteiger partial charge in [0.15, 0.2) is 5.78 Å². The second-order valence-electron chi connectivity index (χ2n) is 3.78. The van der Waals surface area contributed by atoms with Gasteiger partial charge in [0.25, 0.3) is 0 Å². The van der Waals surface area contributed by atoms with Crippen LogP contribution in [0.15, 0.2) is 0 Å². The van der Waals surface area contributed by atoms with E-state index < -0.39 is 0 Å². The van der Waals surface area contributed by atoms with E-state index in [2.05, 4.69) is 17.1 Å². The van der Waals surface area contributed by atoms with Gasteiger partial charge < -0.3 is 0 Å². The Hall–Kier alpha value is -1.30. The maximum absolute atomic E-state index is 11.5. The highest BCUT2D eigenvalue weighted by Crippen LogP contribution is 2.24. The molecule has 5 nitrogen and oxygen atoms in total. The topological polar surface area (TPSA) is 63.2 Å². The number of unbranched alkanes of at least 4 members (excludes halogenated alkanes) is 1. The molecule has 1 fully saturated rings. The number of anilines is 1. The van der Waals surface area contributed by atoms with Gasteiger partial charge in [-0.05, 0) is 6.42 Å². The third-order valence-corrected chi connectivity index (χ3v) is 3.42. The standard InChI is InChI=1S/C10H13N3O2S/c1-2-3-4-8-11-12-10(16-8)13-6-7(14)5-9(13)15/h2-6H2,1H3. The first-order valence-electron chi connectivity index (χ1n) is 5.35. The SMILES string of the molecule is CCCCc1nnc(N2CC(=O)CC2=O)s1. The van der Waals surface area contributed by atoms with Crippen molar-refractivity contribution in [2.75, 3.05) is 11.4 Å². The predicted molar refractivity (Wildman–Crippen MR) is 60.5 cm³/mol. The van der Waals surface area contributed by atoms with E-state index in [1.807, 2.05) is 0 Å². The molecule has 16 heavy (non-hydrogen) atoms. The molecule has 0 saturated carbocycles. The fourth-order valence-corrected chi connectivity index (χ4v) is 2.44. The highest BCUT2D eigenvalue weighted by Gasteiger charge is 2.30. The first-order chi connectivity index (χ1) is 7.70. The Morgan fingerprint density at radius 2 is 2.19 bits per heavy atom. The summed E-state index contributed by atoms with van der Waals surface area (Å²) in [5, 5.41) is 9.47. The van der Waals surface area contributed by atoms with E-state index in [1.54, 1.807) is 0 Å². The molecule has 0 aromatic carbocycles. The van der Waals surface area contributed by atoms with Gasteiger partial charge in [-0.1, -0.05) is 24.7 Å². The summed E-state index contributed by atoms with van der Waals surface area (Å²) in [7, 11) is 0. The van der Waals surface area contributed by atoms with Gasteiger partial charge in [-0.25, -0.2) is 0 Å². The molecule has 0 radical (unpaired) electrons. The first kappa shape index (κ1) is 11.2. The summed E-state index contributed by atoms with van der Waals surface area (Å²) in [6, 6.07) is 0. The second-order valence-corrected chi connectivity index (χ2v) is 4.82. The highest BCUT2D eigenvalue weighted by molar-refractivity contribution is 7.15. The molecule has 0 unspecified atom stereocenters. The van der Waals surface area contributed by atoms with Gasteiger partial charge in [-0.3, -0.25) is 14.5 Å². The van der Waals surface area contributed by atoms with E-state index >= 15 is 0 Å². The van der Waals surface area contributed by atoms with Gasteiger partial charge in [0.1, 0.15) is 5.01 Å². The van der Waals surface area contributed by atoms with Gasteiger partial charge in [0, 0.05) is 6.42 Å². The Kier molecular flexibility index (Phi) is 3.28. The van der Waals surface area contributed by atoms with Crippen LogP contribution in [0.4, 0.5) is 5.13 Å². The molecular formula is C10H13N3O2S. The van der Waals surface area contributed by atoms with Gasteiger partial charge in [0.05, 0.1) is 13.0 Å². The zero-order chi connectivity index (χ0) is 11.5. The Morgan fingerprint density at radius 3 is 2.81 bits per heavy atom. The number of aromatic nitrogens is 2. The summed E-state index contributed by atoms with van der Waals surface area (Å²) in [6.07, 6.45) is 3.07. The second kappa shape index (κ2) is 4.69. The summed E-state index contributed by atoms with van der Waals surface area (Å²) in [5.41, 5.74) is 0. The van der Waals surface area contributed by atoms with E-state index in [4.69, 9.17) is 0 Å². The lowest BCUT2D eigenvalue weighted by Crippen LogP contribution is -2.24. The number of carbonyl (C=O) groups is 2. The molecule has 0 atom stereocenters. The van der Waals surface area contributed by atoms with Crippen LogP contribution in [0, 0.1) is 0 Å². The lowest BCUT2D eigenvalue weighted by molar-refractivity contribution is -0.121. The van der Waals surface area contributed by atoms with Gasteiger partial charge in [0.2, 0.25) is 11.0 Å². The molecule has 2 rings (SSSR count). The highest BCUT2D eigenvalue weighted by atomic mass is 32.1. The van der Waals surface area contributed by atoms with Crippen molar-refractivity contribution in [3.8, 4) is 0 Å². The number of nitrogens with zero attached hydrogens (tertiary/aromatic N) is 3. The normalized spacial score (nSPS) is 16.2. The lowest BCUT2D eigenvalue weighted by atomic mass is 10.3. The van der Waals surface area contributed by atoms with E-state index in [9.17, 15) is 9.59 Å². The number of ketones is 1. The monoisotopic (exact) mass is 239 g/mol. The summed E-state index contributed by atoms with van der Waals surface area (Å²) >= 11 is 1.41. The van der Waals surface area contributed by atoms with E-state index in [0.29, 0.717) is 5.13 Å². The van der Waals surface area contributed by atoms with Crippen molar-refractivity contribution in [3.05, 3.63) is 5.01 Å². The smallest absolute Gasteiger partial charge is 0.236 e. The third-order valence-electron chi connectivity index (χ3n) is 2.42. The van der Waals surface area contributed by atoms with Crippen molar-refractivity contribution >= 4 is 28.2 Å². The molecule has 0 spiro atoms. The zero-order valence-corrected chi connectivity index (χ0v) is 9.92. The van der Waals surface area contributed by atoms with Gasteiger partial charge >= 0.3 is 0 Å². The lowest BCUT2D eigenvalue weighted by Gasteiger charge is -2.07. The van der Waals surface area contributed by atoms with Crippen molar-refractivity contribution in [1.29, 1.82) is 0 Å². The number of hydrogen-bond donors (Lipinski definition) is 0. The van der Waals surface area contributed by atoms with Gasteiger partial charge in [-0.2, -0.15) is 0 Å². The van der Waals surface area contributed by atoms with Crippen LogP contribution in [0.3, 0.4) is 0 Å². The maximum Gasteiger partial charge on any atom is 0.236 e. The maximum atomic E-state index is 11.5. The molecule has 86 valence electrons. The van der Waals surface area contributed by atoms with Crippen molar-refractivity contribution < 1.29 is 9.59 Å². The molecule has 0 bridgehead atoms. The average Bonchev–Trinajstić information content (AvgIpc) is 2.82. The van der Waals surface area contributed by atoms with Crippen molar-refractivity contribution in [2.24, 2.45) is 0 Å². The average molecular weight is 239 g/mol. The quantitative estimate of drug-likeness (QED) is 0.740. The number of hydrogen-bond acceptors (Lipinski definition) is 5. The molecular weight excluding hydrogens is 226 g/mol. The number of rotatable bonds is 4. The number of carbonyl (C=O) groups excluding carboxylic acids is 2. The molecule has 1 aromatic rings. The van der Waals surface area contributed by atoms with Crippen LogP contribution in [0.25, 0.3) is 0 Å². The number of amides is 1. The first-order valence-corrected chi connectivity index (χ1v) is 6.16. The molecule has 1 aromatic heterocycles. The molecule has 1 amide bonds. The van der Waals surface area contributed by atoms with Crippen LogP contribution < -0.4 is 4.90 Å². The molecule has 2 heterocycles. The number of Topliss-reactive ketones (excluding diaryl/α,β-unsaturated/α-hetero) is 1. The minimum atomic E-state index is -0.164. The molecule has 1 saturated heterocycles. The third kappa shape index (κ3) is 2.27. The Labute approximate surface area is 97.5 Å². The fraction of sp³-hybridized carbons (Fsp3) is 0.600. The summed E-state index contributed by atoms with van der Waals surface area (Å²) in [6.45, 7) is 2.27. The van der Waals surface area contributed by atoms with Crippen LogP contribution in [0.5, 0.6) is 0 Å². The zero-order valence-electron chi connectivity index (χ0n) is 9.10. The summed E-state index contributed by atoms with van der Waals surface area (Å²) in [4.78, 5) is 24.0. The van der Waals surface area contributed by atoms with Crippen LogP contribution in [0.2, 0.25) is 0 Å². The van der Waals surface area contributed by atoms with Crippen molar-refractivity contribution in [2.45, 2.75) is 32.6 Å². The van der Waals surface area contributed by atoms with Gasteiger partial charge in [-0.15, -0.1) is 10.2 Å². The largest absolute Gasteiger partial charge is 0.297 e. The van der Waals surface area contributed by atoms with E-state index in [-0.39, 0.29) is 24.7 Å². The van der Waals surface area contributed by atoms with E-state index in [0.717, 1.165) is 24.3 Å². The van der Waals surface area contributed by atoms with Crippen molar-refractivity contribution in [1.82, 2.24) is 10.2 Å². The Bertz CT molecular complexity index is 416. The summed E-state index contributed by atoms with van der Waals surface area (Å²) < 4.78 is 0. The molecule has 0 N–H and O–H groups in total. The minimum Gasteiger partial charge on any atom is -0.297 e. The molecule has 1 aliphatic heterocycles. The Morgan fingerprint density at radius 1 is 1.38 bits per heavy atom. The van der Waals surface area contributed by atoms with Crippen LogP contribution in [0.1, 0.15) is 31.2 Å². The fourth-order valence-electron chi connectivity index (χ4n) is 1.54. The van der Waals surface area contributed by atoms with Crippen LogP contribution >= 0.6 is 11.3 Å².